The molecule has 0 radical (unpaired) electrons. The van der Waals surface area contributed by atoms with E-state index >= 15 is 0 Å². The summed E-state index contributed by atoms with van der Waals surface area (Å²) in [7, 11) is 1.76. The van der Waals surface area contributed by atoms with E-state index in [2.05, 4.69) is 63.4 Å². The number of nitrogens with zero attached hydrogens (tertiary/aromatic N) is 1. The third kappa shape index (κ3) is 3.59. The summed E-state index contributed by atoms with van der Waals surface area (Å²) in [6.07, 6.45) is 1.59. The summed E-state index contributed by atoms with van der Waals surface area (Å²) in [5, 5.41) is 5.76. The Balaban J connectivity index is 2.28. The van der Waals surface area contributed by atoms with Crippen LogP contribution in [0.3, 0.4) is 0 Å². The lowest BCUT2D eigenvalue weighted by molar-refractivity contribution is 0.102. The lowest BCUT2D eigenvalue weighted by atomic mass is 10.2. The van der Waals surface area contributed by atoms with Gasteiger partial charge in [-0.2, -0.15) is 0 Å². The highest BCUT2D eigenvalue weighted by molar-refractivity contribution is 9.11. The second-order valence-electron chi connectivity index (χ2n) is 3.88. The maximum Gasteiger partial charge on any atom is 0.255 e. The molecule has 0 aliphatic rings. The number of rotatable bonds is 3. The summed E-state index contributed by atoms with van der Waals surface area (Å²) in [5.74, 6) is 0.444. The van der Waals surface area contributed by atoms with E-state index < -0.39 is 0 Å². The zero-order valence-electron chi connectivity index (χ0n) is 10.4. The van der Waals surface area contributed by atoms with Gasteiger partial charge in [0.25, 0.3) is 5.91 Å². The molecule has 0 spiro atoms. The molecule has 0 bridgehead atoms. The molecule has 0 saturated heterocycles. The van der Waals surface area contributed by atoms with Gasteiger partial charge in [-0.15, -0.1) is 0 Å². The number of pyridine rings is 1. The lowest BCUT2D eigenvalue weighted by Gasteiger charge is -2.11. The quantitative estimate of drug-likeness (QED) is 0.696. The van der Waals surface area contributed by atoms with Crippen LogP contribution in [0.4, 0.5) is 11.5 Å². The summed E-state index contributed by atoms with van der Waals surface area (Å²) >= 11 is 10.2. The first-order chi connectivity index (χ1) is 9.51. The Morgan fingerprint density at radius 3 is 2.40 bits per heavy atom. The molecule has 1 aromatic carbocycles. The molecule has 1 amide bonds. The normalized spacial score (nSPS) is 10.2. The minimum absolute atomic E-state index is 0.201. The van der Waals surface area contributed by atoms with Crippen molar-refractivity contribution in [3.8, 4) is 0 Å². The molecule has 1 aromatic heterocycles. The van der Waals surface area contributed by atoms with E-state index in [0.717, 1.165) is 13.4 Å². The number of halogens is 3. The third-order valence-corrected chi connectivity index (χ3v) is 4.23. The maximum absolute atomic E-state index is 12.3. The number of aromatic nitrogens is 1. The van der Waals surface area contributed by atoms with Gasteiger partial charge in [0, 0.05) is 32.2 Å². The molecular formula is C13H10Br3N3O. The fourth-order valence-electron chi connectivity index (χ4n) is 1.56. The van der Waals surface area contributed by atoms with Crippen molar-refractivity contribution in [1.29, 1.82) is 0 Å². The Hall–Kier alpha value is -0.920. The fraction of sp³-hybridized carbons (Fsp3) is 0.0769. The summed E-state index contributed by atoms with van der Waals surface area (Å²) in [6.45, 7) is 0. The van der Waals surface area contributed by atoms with Crippen LogP contribution in [-0.2, 0) is 0 Å². The Labute approximate surface area is 141 Å². The van der Waals surface area contributed by atoms with Crippen molar-refractivity contribution < 1.29 is 4.79 Å². The zero-order valence-corrected chi connectivity index (χ0v) is 15.1. The molecule has 1 heterocycles. The first-order valence-electron chi connectivity index (χ1n) is 5.61. The topological polar surface area (TPSA) is 54.0 Å². The van der Waals surface area contributed by atoms with Crippen molar-refractivity contribution in [2.75, 3.05) is 17.7 Å². The highest BCUT2D eigenvalue weighted by atomic mass is 79.9. The molecule has 4 nitrogen and oxygen atoms in total. The van der Waals surface area contributed by atoms with Crippen LogP contribution in [0.25, 0.3) is 0 Å². The molecule has 0 unspecified atom stereocenters. The SMILES string of the molecule is CNc1cc(C(=O)Nc2c(Br)cc(Br)cc2Br)ccn1. The van der Waals surface area contributed by atoms with E-state index in [9.17, 15) is 4.79 Å². The number of amides is 1. The van der Waals surface area contributed by atoms with Crippen LogP contribution < -0.4 is 10.6 Å². The van der Waals surface area contributed by atoms with Gasteiger partial charge in [0.15, 0.2) is 0 Å². The van der Waals surface area contributed by atoms with Crippen LogP contribution in [-0.4, -0.2) is 17.9 Å². The van der Waals surface area contributed by atoms with Crippen molar-refractivity contribution >= 4 is 65.2 Å². The highest BCUT2D eigenvalue weighted by Gasteiger charge is 2.12. The van der Waals surface area contributed by atoms with E-state index in [1.54, 1.807) is 25.4 Å². The number of anilines is 2. The number of nitrogens with one attached hydrogen (secondary N) is 2. The van der Waals surface area contributed by atoms with Crippen molar-refractivity contribution in [2.24, 2.45) is 0 Å². The number of carbonyl (C=O) groups excluding carboxylic acids is 1. The smallest absolute Gasteiger partial charge is 0.255 e. The first-order valence-corrected chi connectivity index (χ1v) is 7.99. The van der Waals surface area contributed by atoms with Gasteiger partial charge in [-0.3, -0.25) is 4.79 Å². The fourth-order valence-corrected chi connectivity index (χ4v) is 4.01. The average Bonchev–Trinajstić information content (AvgIpc) is 2.42. The summed E-state index contributed by atoms with van der Waals surface area (Å²) < 4.78 is 2.49. The molecule has 0 atom stereocenters. The Morgan fingerprint density at radius 1 is 1.15 bits per heavy atom. The molecular weight excluding hydrogens is 454 g/mol. The standard InChI is InChI=1S/C13H10Br3N3O/c1-17-11-4-7(2-3-18-11)13(20)19-12-9(15)5-8(14)6-10(12)16/h2-6H,1H3,(H,17,18)(H,19,20). The van der Waals surface area contributed by atoms with Crippen LogP contribution >= 0.6 is 47.8 Å². The Bertz CT molecular complexity index is 638. The number of hydrogen-bond donors (Lipinski definition) is 2. The van der Waals surface area contributed by atoms with E-state index in [-0.39, 0.29) is 5.91 Å². The van der Waals surface area contributed by atoms with Crippen molar-refractivity contribution in [3.05, 3.63) is 49.4 Å². The molecule has 7 heteroatoms. The Morgan fingerprint density at radius 2 is 1.80 bits per heavy atom. The molecule has 2 N–H and O–H groups in total. The van der Waals surface area contributed by atoms with E-state index in [1.165, 1.54) is 0 Å². The number of benzene rings is 1. The van der Waals surface area contributed by atoms with Crippen LogP contribution in [0.5, 0.6) is 0 Å². The monoisotopic (exact) mass is 461 g/mol. The largest absolute Gasteiger partial charge is 0.373 e. The van der Waals surface area contributed by atoms with E-state index in [1.807, 2.05) is 12.1 Å². The predicted molar refractivity (Wildman–Crippen MR) is 91.3 cm³/mol. The van der Waals surface area contributed by atoms with Crippen LogP contribution in [0, 0.1) is 0 Å². The van der Waals surface area contributed by atoms with Gasteiger partial charge < -0.3 is 10.6 Å². The molecule has 104 valence electrons. The zero-order chi connectivity index (χ0) is 14.7. The predicted octanol–water partition coefficient (Wildman–Crippen LogP) is 4.66. The number of hydrogen-bond acceptors (Lipinski definition) is 3. The van der Waals surface area contributed by atoms with Crippen molar-refractivity contribution in [2.45, 2.75) is 0 Å². The third-order valence-electron chi connectivity index (χ3n) is 2.52. The van der Waals surface area contributed by atoms with Gasteiger partial charge in [0.2, 0.25) is 0 Å². The van der Waals surface area contributed by atoms with Crippen molar-refractivity contribution in [3.63, 3.8) is 0 Å². The molecule has 20 heavy (non-hydrogen) atoms. The molecule has 0 aliphatic carbocycles. The summed E-state index contributed by atoms with van der Waals surface area (Å²) in [4.78, 5) is 16.3. The second-order valence-corrected chi connectivity index (χ2v) is 6.50. The van der Waals surface area contributed by atoms with Gasteiger partial charge in [-0.1, -0.05) is 15.9 Å². The second kappa shape index (κ2) is 6.69. The van der Waals surface area contributed by atoms with Crippen LogP contribution in [0.2, 0.25) is 0 Å². The first kappa shape index (κ1) is 15.5. The average molecular weight is 464 g/mol. The van der Waals surface area contributed by atoms with Crippen LogP contribution in [0.15, 0.2) is 43.9 Å². The Kier molecular flexibility index (Phi) is 5.17. The van der Waals surface area contributed by atoms with Gasteiger partial charge in [0.05, 0.1) is 5.69 Å². The molecule has 2 rings (SSSR count). The minimum atomic E-state index is -0.201. The van der Waals surface area contributed by atoms with Crippen molar-refractivity contribution in [1.82, 2.24) is 4.98 Å². The minimum Gasteiger partial charge on any atom is -0.373 e. The van der Waals surface area contributed by atoms with Gasteiger partial charge in [0.1, 0.15) is 5.82 Å². The summed E-state index contributed by atoms with van der Waals surface area (Å²) in [6, 6.07) is 7.09. The van der Waals surface area contributed by atoms with E-state index in [0.29, 0.717) is 17.1 Å². The molecule has 0 aliphatic heterocycles. The molecule has 0 saturated carbocycles. The molecule has 0 fully saturated rings. The van der Waals surface area contributed by atoms with E-state index in [4.69, 9.17) is 0 Å². The van der Waals surface area contributed by atoms with Gasteiger partial charge in [-0.05, 0) is 56.1 Å². The number of carbonyl (C=O) groups is 1. The molecule has 2 aromatic rings. The summed E-state index contributed by atoms with van der Waals surface area (Å²) in [5.41, 5.74) is 1.21. The maximum atomic E-state index is 12.3. The van der Waals surface area contributed by atoms with Crippen LogP contribution in [0.1, 0.15) is 10.4 Å². The van der Waals surface area contributed by atoms with Gasteiger partial charge in [-0.25, -0.2) is 4.98 Å². The highest BCUT2D eigenvalue weighted by Crippen LogP contribution is 2.34. The lowest BCUT2D eigenvalue weighted by Crippen LogP contribution is -2.13. The van der Waals surface area contributed by atoms with Gasteiger partial charge >= 0.3 is 0 Å².